The van der Waals surface area contributed by atoms with Gasteiger partial charge in [0.2, 0.25) is 0 Å². The second-order valence-corrected chi connectivity index (χ2v) is 2.84. The van der Waals surface area contributed by atoms with Gasteiger partial charge in [0.05, 0.1) is 19.2 Å². The summed E-state index contributed by atoms with van der Waals surface area (Å²) in [5, 5.41) is 1.14. The molecule has 0 bridgehead atoms. The van der Waals surface area contributed by atoms with Gasteiger partial charge in [0.1, 0.15) is 0 Å². The van der Waals surface area contributed by atoms with Gasteiger partial charge < -0.3 is 4.74 Å². The fraction of sp³-hybridized carbons (Fsp3) is 1.00. The molecule has 0 saturated carbocycles. The average molecular weight is 166 g/mol. The van der Waals surface area contributed by atoms with Gasteiger partial charge in [0, 0.05) is 13.5 Å². The van der Waals surface area contributed by atoms with Crippen LogP contribution in [0.15, 0.2) is 0 Å². The fourth-order valence-electron chi connectivity index (χ4n) is 1.27. The van der Waals surface area contributed by atoms with Gasteiger partial charge in [0.15, 0.2) is 0 Å². The Bertz CT molecular complexity index is 143. The lowest BCUT2D eigenvalue weighted by Gasteiger charge is -2.15. The van der Waals surface area contributed by atoms with Crippen LogP contribution in [0.4, 0.5) is 8.78 Å². The molecule has 0 aromatic heterocycles. The second kappa shape index (κ2) is 3.00. The summed E-state index contributed by atoms with van der Waals surface area (Å²) in [6.07, 6.45) is -0.197. The van der Waals surface area contributed by atoms with Crippen molar-refractivity contribution < 1.29 is 13.5 Å². The van der Waals surface area contributed by atoms with Crippen LogP contribution in [0.2, 0.25) is 0 Å². The van der Waals surface area contributed by atoms with Crippen LogP contribution in [0, 0.1) is 0 Å². The Balaban J connectivity index is 2.45. The van der Waals surface area contributed by atoms with Crippen LogP contribution in [0.1, 0.15) is 6.42 Å². The summed E-state index contributed by atoms with van der Waals surface area (Å²) in [7, 11) is 1.48. The third kappa shape index (κ3) is 2.08. The van der Waals surface area contributed by atoms with E-state index in [9.17, 15) is 8.78 Å². The van der Waals surface area contributed by atoms with Crippen LogP contribution in [0.5, 0.6) is 0 Å². The molecule has 5 heteroatoms. The quantitative estimate of drug-likeness (QED) is 0.596. The molecule has 1 saturated heterocycles. The van der Waals surface area contributed by atoms with E-state index < -0.39 is 5.92 Å². The zero-order valence-electron chi connectivity index (χ0n) is 6.39. The van der Waals surface area contributed by atoms with Crippen LogP contribution in [-0.2, 0) is 4.74 Å². The van der Waals surface area contributed by atoms with Gasteiger partial charge in [-0.3, -0.25) is 5.84 Å². The smallest absolute Gasteiger partial charge is 0.263 e. The van der Waals surface area contributed by atoms with E-state index in [1.807, 2.05) is 0 Å². The number of nitrogens with two attached hydrogens (primary N) is 1. The number of methoxy groups -OCH3 is 1. The molecule has 1 atom stereocenters. The third-order valence-electron chi connectivity index (χ3n) is 1.78. The molecule has 0 amide bonds. The summed E-state index contributed by atoms with van der Waals surface area (Å²) in [6, 6.07) is -0.338. The van der Waals surface area contributed by atoms with E-state index in [4.69, 9.17) is 10.6 Å². The highest BCUT2D eigenvalue weighted by Crippen LogP contribution is 2.29. The van der Waals surface area contributed by atoms with Crippen molar-refractivity contribution >= 4 is 0 Å². The van der Waals surface area contributed by atoms with E-state index in [-0.39, 0.29) is 25.6 Å². The molecule has 1 aliphatic rings. The molecule has 3 nitrogen and oxygen atoms in total. The van der Waals surface area contributed by atoms with Crippen LogP contribution < -0.4 is 5.84 Å². The minimum Gasteiger partial charge on any atom is -0.383 e. The van der Waals surface area contributed by atoms with E-state index in [1.54, 1.807) is 0 Å². The van der Waals surface area contributed by atoms with E-state index in [1.165, 1.54) is 7.11 Å². The molecule has 0 radical (unpaired) electrons. The van der Waals surface area contributed by atoms with Crippen molar-refractivity contribution in [3.63, 3.8) is 0 Å². The zero-order valence-corrected chi connectivity index (χ0v) is 6.39. The SMILES string of the molecule is COCC1CC(F)(F)CN1N. The number of rotatable bonds is 2. The Morgan fingerprint density at radius 1 is 1.73 bits per heavy atom. The molecular formula is C6H12F2N2O. The molecule has 0 spiro atoms. The second-order valence-electron chi connectivity index (χ2n) is 2.84. The summed E-state index contributed by atoms with van der Waals surface area (Å²) < 4.78 is 29.9. The predicted octanol–water partition coefficient (Wildman–Crippen LogP) is 0.216. The molecule has 1 aliphatic heterocycles. The highest BCUT2D eigenvalue weighted by molar-refractivity contribution is 4.87. The Labute approximate surface area is 64.1 Å². The molecule has 11 heavy (non-hydrogen) atoms. The van der Waals surface area contributed by atoms with Gasteiger partial charge in [-0.05, 0) is 0 Å². The van der Waals surface area contributed by atoms with E-state index in [0.29, 0.717) is 0 Å². The van der Waals surface area contributed by atoms with Gasteiger partial charge in [-0.1, -0.05) is 0 Å². The Hall–Kier alpha value is -0.260. The zero-order chi connectivity index (χ0) is 8.48. The number of nitrogens with zero attached hydrogens (tertiary/aromatic N) is 1. The monoisotopic (exact) mass is 166 g/mol. The van der Waals surface area contributed by atoms with E-state index in [0.717, 1.165) is 5.01 Å². The van der Waals surface area contributed by atoms with Gasteiger partial charge in [-0.2, -0.15) is 0 Å². The molecule has 1 fully saturated rings. The average Bonchev–Trinajstić information content (AvgIpc) is 2.07. The molecule has 2 N–H and O–H groups in total. The summed E-state index contributed by atoms with van der Waals surface area (Å²) in [5.74, 6) is 2.67. The third-order valence-corrected chi connectivity index (χ3v) is 1.78. The number of halogens is 2. The minimum atomic E-state index is -2.64. The molecular weight excluding hydrogens is 154 g/mol. The van der Waals surface area contributed by atoms with Crippen molar-refractivity contribution in [3.05, 3.63) is 0 Å². The van der Waals surface area contributed by atoms with Crippen LogP contribution in [0.25, 0.3) is 0 Å². The van der Waals surface area contributed by atoms with Crippen molar-refractivity contribution in [2.24, 2.45) is 5.84 Å². The maximum atomic E-state index is 12.6. The highest BCUT2D eigenvalue weighted by atomic mass is 19.3. The first-order valence-corrected chi connectivity index (χ1v) is 3.43. The topological polar surface area (TPSA) is 38.5 Å². The van der Waals surface area contributed by atoms with Crippen LogP contribution in [-0.4, -0.2) is 37.2 Å². The number of hydrazine groups is 1. The molecule has 0 aliphatic carbocycles. The van der Waals surface area contributed by atoms with Crippen molar-refractivity contribution in [2.75, 3.05) is 20.3 Å². The summed E-state index contributed by atoms with van der Waals surface area (Å²) in [5.41, 5.74) is 0. The minimum absolute atomic E-state index is 0.197. The number of alkyl halides is 2. The Morgan fingerprint density at radius 2 is 2.36 bits per heavy atom. The number of hydrogen-bond donors (Lipinski definition) is 1. The first-order chi connectivity index (χ1) is 5.05. The Kier molecular flexibility index (Phi) is 2.41. The Morgan fingerprint density at radius 3 is 2.73 bits per heavy atom. The van der Waals surface area contributed by atoms with Crippen molar-refractivity contribution in [1.29, 1.82) is 0 Å². The predicted molar refractivity (Wildman–Crippen MR) is 36.1 cm³/mol. The highest BCUT2D eigenvalue weighted by Gasteiger charge is 2.43. The van der Waals surface area contributed by atoms with Crippen molar-refractivity contribution in [3.8, 4) is 0 Å². The lowest BCUT2D eigenvalue weighted by molar-refractivity contribution is 0.0116. The maximum Gasteiger partial charge on any atom is 0.263 e. The van der Waals surface area contributed by atoms with E-state index in [2.05, 4.69) is 0 Å². The number of hydrogen-bond acceptors (Lipinski definition) is 3. The standard InChI is InChI=1S/C6H12F2N2O/c1-11-3-5-2-6(7,8)4-10(5)9/h5H,2-4,9H2,1H3. The number of ether oxygens (including phenoxy) is 1. The summed E-state index contributed by atoms with van der Waals surface area (Å²) in [4.78, 5) is 0. The molecule has 1 rings (SSSR count). The van der Waals surface area contributed by atoms with Crippen molar-refractivity contribution in [1.82, 2.24) is 5.01 Å². The first kappa shape index (κ1) is 8.83. The lowest BCUT2D eigenvalue weighted by atomic mass is 10.2. The molecule has 66 valence electrons. The summed E-state index contributed by atoms with van der Waals surface area (Å²) in [6.45, 7) is -0.0902. The largest absolute Gasteiger partial charge is 0.383 e. The fourth-order valence-corrected chi connectivity index (χ4v) is 1.27. The molecule has 0 aromatic carbocycles. The van der Waals surface area contributed by atoms with Gasteiger partial charge in [-0.25, -0.2) is 13.8 Å². The van der Waals surface area contributed by atoms with Gasteiger partial charge in [-0.15, -0.1) is 0 Å². The van der Waals surface area contributed by atoms with Crippen molar-refractivity contribution in [2.45, 2.75) is 18.4 Å². The van der Waals surface area contributed by atoms with Gasteiger partial charge in [0.25, 0.3) is 5.92 Å². The summed E-state index contributed by atoms with van der Waals surface area (Å²) >= 11 is 0. The maximum absolute atomic E-state index is 12.6. The lowest BCUT2D eigenvalue weighted by Crippen LogP contribution is -2.39. The van der Waals surface area contributed by atoms with E-state index >= 15 is 0 Å². The molecule has 1 unspecified atom stereocenters. The molecule has 0 aromatic rings. The molecule has 1 heterocycles. The normalized spacial score (nSPS) is 31.1. The van der Waals surface area contributed by atoms with Crippen LogP contribution in [0.3, 0.4) is 0 Å². The van der Waals surface area contributed by atoms with Crippen LogP contribution >= 0.6 is 0 Å². The first-order valence-electron chi connectivity index (χ1n) is 3.43. The van der Waals surface area contributed by atoms with Gasteiger partial charge >= 0.3 is 0 Å².